The molecule has 1 aliphatic rings. The summed E-state index contributed by atoms with van der Waals surface area (Å²) in [6.07, 6.45) is 5.03. The van der Waals surface area contributed by atoms with Gasteiger partial charge in [0.05, 0.1) is 0 Å². The highest BCUT2D eigenvalue weighted by Crippen LogP contribution is 2.19. The van der Waals surface area contributed by atoms with Crippen LogP contribution in [-0.2, 0) is 6.54 Å². The summed E-state index contributed by atoms with van der Waals surface area (Å²) in [6, 6.07) is 6.40. The largest absolute Gasteiger partial charge is 0.508 e. The van der Waals surface area contributed by atoms with E-state index in [9.17, 15) is 5.11 Å². The van der Waals surface area contributed by atoms with Gasteiger partial charge in [-0.15, -0.1) is 0 Å². The summed E-state index contributed by atoms with van der Waals surface area (Å²) in [6.45, 7) is 8.75. The fourth-order valence-electron chi connectivity index (χ4n) is 2.85. The quantitative estimate of drug-likeness (QED) is 0.838. The van der Waals surface area contributed by atoms with E-state index in [-0.39, 0.29) is 0 Å². The van der Waals surface area contributed by atoms with E-state index >= 15 is 0 Å². The second kappa shape index (κ2) is 7.65. The van der Waals surface area contributed by atoms with Crippen molar-refractivity contribution < 1.29 is 5.11 Å². The minimum absolute atomic E-state index is 0.406. The number of aryl methyl sites for hydroxylation is 1. The third-order valence-corrected chi connectivity index (χ3v) is 4.23. The first kappa shape index (κ1) is 15.3. The van der Waals surface area contributed by atoms with E-state index in [0.717, 1.165) is 12.1 Å². The van der Waals surface area contributed by atoms with Gasteiger partial charge in [-0.1, -0.05) is 31.0 Å². The molecule has 0 bridgehead atoms. The number of phenols is 1. The third kappa shape index (κ3) is 4.50. The number of rotatable bonds is 6. The molecule has 112 valence electrons. The van der Waals surface area contributed by atoms with Crippen molar-refractivity contribution in [1.29, 1.82) is 0 Å². The van der Waals surface area contributed by atoms with Crippen LogP contribution >= 0.6 is 0 Å². The molecular formula is C17H28N2O. The number of phenolic OH excluding ortho intramolecular Hbond substituents is 1. The highest BCUT2D eigenvalue weighted by molar-refractivity contribution is 5.35. The van der Waals surface area contributed by atoms with Crippen LogP contribution in [0.4, 0.5) is 0 Å². The summed E-state index contributed by atoms with van der Waals surface area (Å²) in [5.41, 5.74) is 2.22. The maximum absolute atomic E-state index is 9.86. The molecule has 1 aliphatic heterocycles. The number of unbranched alkanes of at least 4 members (excludes halogenated alkanes) is 1. The number of benzene rings is 1. The maximum Gasteiger partial charge on any atom is 0.120 e. The first-order chi connectivity index (χ1) is 9.69. The van der Waals surface area contributed by atoms with Gasteiger partial charge in [0.1, 0.15) is 5.75 Å². The summed E-state index contributed by atoms with van der Waals surface area (Å²) < 4.78 is 0. The molecule has 20 heavy (non-hydrogen) atoms. The summed E-state index contributed by atoms with van der Waals surface area (Å²) in [5, 5.41) is 13.5. The lowest BCUT2D eigenvalue weighted by molar-refractivity contribution is 0.195. The Morgan fingerprint density at radius 2 is 2.05 bits per heavy atom. The third-order valence-electron chi connectivity index (χ3n) is 4.23. The summed E-state index contributed by atoms with van der Waals surface area (Å²) in [7, 11) is 0. The number of nitrogens with zero attached hydrogens (tertiary/aromatic N) is 1. The number of hydrogen-bond acceptors (Lipinski definition) is 3. The molecular weight excluding hydrogens is 248 g/mol. The number of nitrogens with one attached hydrogen (secondary N) is 1. The van der Waals surface area contributed by atoms with E-state index in [1.54, 1.807) is 6.07 Å². The van der Waals surface area contributed by atoms with Crippen LogP contribution < -0.4 is 5.32 Å². The molecule has 0 amide bonds. The van der Waals surface area contributed by atoms with E-state index in [1.165, 1.54) is 50.9 Å². The number of piperidine rings is 1. The fourth-order valence-corrected chi connectivity index (χ4v) is 2.85. The van der Waals surface area contributed by atoms with Crippen LogP contribution in [0.5, 0.6) is 5.75 Å². The van der Waals surface area contributed by atoms with Crippen LogP contribution in [0.1, 0.15) is 43.7 Å². The van der Waals surface area contributed by atoms with Gasteiger partial charge < -0.3 is 15.3 Å². The molecule has 1 aromatic carbocycles. The molecule has 1 heterocycles. The minimum Gasteiger partial charge on any atom is -0.508 e. The van der Waals surface area contributed by atoms with Crippen LogP contribution in [0.15, 0.2) is 18.2 Å². The standard InChI is InChI=1S/C17H28N2O/c1-3-4-9-19-10-7-16(8-11-19)18-13-15-12-14(2)5-6-17(15)20/h5-6,12,16,18,20H,3-4,7-11,13H2,1-2H3. The second-order valence-electron chi connectivity index (χ2n) is 5.98. The first-order valence-corrected chi connectivity index (χ1v) is 7.93. The zero-order valence-corrected chi connectivity index (χ0v) is 12.9. The van der Waals surface area contributed by atoms with Gasteiger partial charge in [0.15, 0.2) is 0 Å². The smallest absolute Gasteiger partial charge is 0.120 e. The lowest BCUT2D eigenvalue weighted by Crippen LogP contribution is -2.42. The van der Waals surface area contributed by atoms with E-state index < -0.39 is 0 Å². The van der Waals surface area contributed by atoms with E-state index in [2.05, 4.69) is 30.1 Å². The Bertz CT molecular complexity index is 411. The van der Waals surface area contributed by atoms with Crippen LogP contribution in [-0.4, -0.2) is 35.7 Å². The second-order valence-corrected chi connectivity index (χ2v) is 5.98. The highest BCUT2D eigenvalue weighted by atomic mass is 16.3. The van der Waals surface area contributed by atoms with Crippen molar-refractivity contribution in [2.75, 3.05) is 19.6 Å². The van der Waals surface area contributed by atoms with Gasteiger partial charge in [-0.2, -0.15) is 0 Å². The minimum atomic E-state index is 0.406. The van der Waals surface area contributed by atoms with Crippen LogP contribution in [0, 0.1) is 6.92 Å². The van der Waals surface area contributed by atoms with Gasteiger partial charge >= 0.3 is 0 Å². The Morgan fingerprint density at radius 1 is 1.30 bits per heavy atom. The molecule has 3 heteroatoms. The van der Waals surface area contributed by atoms with Gasteiger partial charge in [-0.05, 0) is 51.9 Å². The Kier molecular flexibility index (Phi) is 5.86. The van der Waals surface area contributed by atoms with Gasteiger partial charge in [0.25, 0.3) is 0 Å². The van der Waals surface area contributed by atoms with Gasteiger partial charge in [0.2, 0.25) is 0 Å². The topological polar surface area (TPSA) is 35.5 Å². The SMILES string of the molecule is CCCCN1CCC(NCc2cc(C)ccc2O)CC1. The van der Waals surface area contributed by atoms with E-state index in [0.29, 0.717) is 11.8 Å². The normalized spacial score (nSPS) is 17.5. The summed E-state index contributed by atoms with van der Waals surface area (Å²) in [5.74, 6) is 0.406. The van der Waals surface area contributed by atoms with Gasteiger partial charge in [0, 0.05) is 18.2 Å². The van der Waals surface area contributed by atoms with Crippen LogP contribution in [0.25, 0.3) is 0 Å². The molecule has 0 saturated carbocycles. The van der Waals surface area contributed by atoms with Crippen molar-refractivity contribution in [3.8, 4) is 5.75 Å². The number of hydrogen-bond donors (Lipinski definition) is 2. The lowest BCUT2D eigenvalue weighted by Gasteiger charge is -2.32. The van der Waals surface area contributed by atoms with Crippen molar-refractivity contribution in [2.45, 2.75) is 52.1 Å². The van der Waals surface area contributed by atoms with Crippen molar-refractivity contribution in [2.24, 2.45) is 0 Å². The molecule has 2 rings (SSSR count). The Balaban J connectivity index is 1.74. The van der Waals surface area contributed by atoms with E-state index in [1.807, 2.05) is 6.07 Å². The highest BCUT2D eigenvalue weighted by Gasteiger charge is 2.18. The van der Waals surface area contributed by atoms with Crippen LogP contribution in [0.3, 0.4) is 0 Å². The zero-order chi connectivity index (χ0) is 14.4. The average Bonchev–Trinajstić information content (AvgIpc) is 2.47. The molecule has 0 unspecified atom stereocenters. The molecule has 2 N–H and O–H groups in total. The molecule has 0 radical (unpaired) electrons. The molecule has 3 nitrogen and oxygen atoms in total. The van der Waals surface area contributed by atoms with Crippen molar-refractivity contribution in [3.05, 3.63) is 29.3 Å². The summed E-state index contributed by atoms with van der Waals surface area (Å²) in [4.78, 5) is 2.58. The maximum atomic E-state index is 9.86. The number of likely N-dealkylation sites (tertiary alicyclic amines) is 1. The Labute approximate surface area is 123 Å². The van der Waals surface area contributed by atoms with Crippen molar-refractivity contribution >= 4 is 0 Å². The monoisotopic (exact) mass is 276 g/mol. The van der Waals surface area contributed by atoms with Crippen molar-refractivity contribution in [3.63, 3.8) is 0 Å². The molecule has 1 saturated heterocycles. The predicted molar refractivity (Wildman–Crippen MR) is 84.1 cm³/mol. The van der Waals surface area contributed by atoms with Gasteiger partial charge in [-0.3, -0.25) is 0 Å². The molecule has 0 aromatic heterocycles. The molecule has 1 aromatic rings. The Hall–Kier alpha value is -1.06. The van der Waals surface area contributed by atoms with Crippen molar-refractivity contribution in [1.82, 2.24) is 10.2 Å². The Morgan fingerprint density at radius 3 is 2.75 bits per heavy atom. The lowest BCUT2D eigenvalue weighted by atomic mass is 10.0. The predicted octanol–water partition coefficient (Wildman–Crippen LogP) is 3.05. The van der Waals surface area contributed by atoms with Crippen LogP contribution in [0.2, 0.25) is 0 Å². The fraction of sp³-hybridized carbons (Fsp3) is 0.647. The number of aromatic hydroxyl groups is 1. The average molecular weight is 276 g/mol. The van der Waals surface area contributed by atoms with Gasteiger partial charge in [-0.25, -0.2) is 0 Å². The molecule has 1 fully saturated rings. The molecule has 0 spiro atoms. The zero-order valence-electron chi connectivity index (χ0n) is 12.9. The molecule has 0 aliphatic carbocycles. The van der Waals surface area contributed by atoms with E-state index in [4.69, 9.17) is 0 Å². The first-order valence-electron chi connectivity index (χ1n) is 7.93. The molecule has 0 atom stereocenters. The summed E-state index contributed by atoms with van der Waals surface area (Å²) >= 11 is 0.